The van der Waals surface area contributed by atoms with Crippen LogP contribution < -0.4 is 0 Å². The first-order valence-electron chi connectivity index (χ1n) is 4.77. The van der Waals surface area contributed by atoms with E-state index in [-0.39, 0.29) is 16.3 Å². The Hall–Kier alpha value is -1.32. The maximum atomic E-state index is 13.6. The average molecular weight is 241 g/mol. The van der Waals surface area contributed by atoms with E-state index < -0.39 is 11.9 Å². The first-order valence-corrected chi connectivity index (χ1v) is 5.15. The maximum Gasteiger partial charge on any atom is 0.141 e. The molecule has 4 heteroatoms. The van der Waals surface area contributed by atoms with Gasteiger partial charge in [0.2, 0.25) is 0 Å². The number of aliphatic hydroxyl groups excluding tert-OH is 1. The Morgan fingerprint density at radius 2 is 2.12 bits per heavy atom. The van der Waals surface area contributed by atoms with Crippen LogP contribution in [0, 0.1) is 12.7 Å². The summed E-state index contributed by atoms with van der Waals surface area (Å²) in [7, 11) is 0. The Kier molecular flexibility index (Phi) is 2.99. The lowest BCUT2D eigenvalue weighted by Crippen LogP contribution is -2.03. The van der Waals surface area contributed by atoms with Gasteiger partial charge in [-0.3, -0.25) is 0 Å². The maximum absolute atomic E-state index is 13.6. The van der Waals surface area contributed by atoms with Crippen molar-refractivity contribution in [1.29, 1.82) is 0 Å². The van der Waals surface area contributed by atoms with Crippen molar-refractivity contribution in [2.45, 2.75) is 13.0 Å². The lowest BCUT2D eigenvalue weighted by atomic mass is 10.0. The normalized spacial score (nSPS) is 12.8. The van der Waals surface area contributed by atoms with Crippen LogP contribution >= 0.6 is 11.6 Å². The van der Waals surface area contributed by atoms with Gasteiger partial charge in [-0.25, -0.2) is 4.39 Å². The van der Waals surface area contributed by atoms with Crippen LogP contribution in [0.2, 0.25) is 5.02 Å². The molecule has 0 aliphatic carbocycles. The molecule has 2 nitrogen and oxygen atoms in total. The number of hydrogen-bond acceptors (Lipinski definition) is 2. The third kappa shape index (κ3) is 1.84. The van der Waals surface area contributed by atoms with Gasteiger partial charge < -0.3 is 9.52 Å². The van der Waals surface area contributed by atoms with E-state index in [1.165, 1.54) is 12.3 Å². The second kappa shape index (κ2) is 4.28. The molecule has 1 N–H and O–H groups in total. The summed E-state index contributed by atoms with van der Waals surface area (Å²) in [5, 5.41) is 10.2. The van der Waals surface area contributed by atoms with Gasteiger partial charge in [0.15, 0.2) is 0 Å². The molecule has 0 saturated heterocycles. The molecule has 1 unspecified atom stereocenters. The van der Waals surface area contributed by atoms with Crippen molar-refractivity contribution in [1.82, 2.24) is 0 Å². The molecule has 1 atom stereocenters. The predicted molar refractivity (Wildman–Crippen MR) is 58.9 cm³/mol. The first kappa shape index (κ1) is 11.2. The van der Waals surface area contributed by atoms with Crippen LogP contribution in [0.25, 0.3) is 0 Å². The fraction of sp³-hybridized carbons (Fsp3) is 0.167. The van der Waals surface area contributed by atoms with Crippen LogP contribution in [0.4, 0.5) is 4.39 Å². The molecule has 2 aromatic rings. The van der Waals surface area contributed by atoms with E-state index in [2.05, 4.69) is 0 Å². The van der Waals surface area contributed by atoms with Crippen molar-refractivity contribution in [3.63, 3.8) is 0 Å². The number of aryl methyl sites for hydroxylation is 1. The second-order valence-corrected chi connectivity index (χ2v) is 3.89. The Morgan fingerprint density at radius 3 is 2.75 bits per heavy atom. The van der Waals surface area contributed by atoms with Gasteiger partial charge in [0.1, 0.15) is 17.7 Å². The summed E-state index contributed by atoms with van der Waals surface area (Å²) >= 11 is 5.97. The van der Waals surface area contributed by atoms with Crippen molar-refractivity contribution in [3.8, 4) is 0 Å². The zero-order valence-corrected chi connectivity index (χ0v) is 9.33. The summed E-state index contributed by atoms with van der Waals surface area (Å²) in [6, 6.07) is 6.04. The monoisotopic (exact) mass is 240 g/mol. The zero-order chi connectivity index (χ0) is 11.7. The smallest absolute Gasteiger partial charge is 0.141 e. The fourth-order valence-electron chi connectivity index (χ4n) is 1.52. The molecule has 0 fully saturated rings. The number of benzene rings is 1. The number of rotatable bonds is 2. The van der Waals surface area contributed by atoms with Crippen LogP contribution in [-0.4, -0.2) is 5.11 Å². The number of halogens is 2. The van der Waals surface area contributed by atoms with Crippen molar-refractivity contribution < 1.29 is 13.9 Å². The van der Waals surface area contributed by atoms with E-state index in [1.54, 1.807) is 25.1 Å². The number of hydrogen-bond donors (Lipinski definition) is 1. The molecule has 16 heavy (non-hydrogen) atoms. The van der Waals surface area contributed by atoms with E-state index in [0.717, 1.165) is 0 Å². The largest absolute Gasteiger partial charge is 0.466 e. The van der Waals surface area contributed by atoms with Crippen LogP contribution in [0.1, 0.15) is 23.0 Å². The SMILES string of the molecule is Cc1ccc(F)c(C(O)c2ccco2)c1Cl. The molecular weight excluding hydrogens is 231 g/mol. The minimum absolute atomic E-state index is 0.0524. The molecule has 0 bridgehead atoms. The van der Waals surface area contributed by atoms with Crippen molar-refractivity contribution >= 4 is 11.6 Å². The Labute approximate surface area is 97.3 Å². The van der Waals surface area contributed by atoms with Crippen LogP contribution in [-0.2, 0) is 0 Å². The highest BCUT2D eigenvalue weighted by molar-refractivity contribution is 6.32. The average Bonchev–Trinajstić information content (AvgIpc) is 2.77. The Balaban J connectivity index is 2.52. The van der Waals surface area contributed by atoms with E-state index >= 15 is 0 Å². The molecule has 2 rings (SSSR count). The number of furan rings is 1. The zero-order valence-electron chi connectivity index (χ0n) is 8.58. The summed E-state index contributed by atoms with van der Waals surface area (Å²) in [5.41, 5.74) is 0.764. The molecule has 0 amide bonds. The Bertz CT molecular complexity index is 494. The van der Waals surface area contributed by atoms with Crippen molar-refractivity contribution in [2.75, 3.05) is 0 Å². The van der Waals surface area contributed by atoms with Crippen LogP contribution in [0.3, 0.4) is 0 Å². The van der Waals surface area contributed by atoms with E-state index in [1.807, 2.05) is 0 Å². The summed E-state index contributed by atoms with van der Waals surface area (Å²) in [4.78, 5) is 0. The van der Waals surface area contributed by atoms with Gasteiger partial charge in [-0.1, -0.05) is 17.7 Å². The van der Waals surface area contributed by atoms with Gasteiger partial charge in [0.05, 0.1) is 11.3 Å². The van der Waals surface area contributed by atoms with Crippen molar-refractivity contribution in [3.05, 3.63) is 58.3 Å². The topological polar surface area (TPSA) is 33.4 Å². The van der Waals surface area contributed by atoms with Crippen molar-refractivity contribution in [2.24, 2.45) is 0 Å². The molecule has 0 saturated carbocycles. The van der Waals surface area contributed by atoms with Gasteiger partial charge in [-0.05, 0) is 30.7 Å². The molecule has 1 aromatic heterocycles. The molecule has 84 valence electrons. The lowest BCUT2D eigenvalue weighted by Gasteiger charge is -2.12. The quantitative estimate of drug-likeness (QED) is 0.872. The van der Waals surface area contributed by atoms with E-state index in [9.17, 15) is 9.50 Å². The minimum Gasteiger partial charge on any atom is -0.466 e. The molecule has 0 spiro atoms. The summed E-state index contributed by atoms with van der Waals surface area (Å²) in [6.45, 7) is 1.75. The summed E-state index contributed by atoms with van der Waals surface area (Å²) in [6.07, 6.45) is 0.238. The second-order valence-electron chi connectivity index (χ2n) is 3.51. The highest BCUT2D eigenvalue weighted by Crippen LogP contribution is 2.32. The molecule has 1 aromatic carbocycles. The molecule has 0 radical (unpaired) electrons. The van der Waals surface area contributed by atoms with Gasteiger partial charge >= 0.3 is 0 Å². The molecule has 1 heterocycles. The van der Waals surface area contributed by atoms with Gasteiger partial charge in [-0.15, -0.1) is 0 Å². The van der Waals surface area contributed by atoms with E-state index in [4.69, 9.17) is 16.0 Å². The van der Waals surface area contributed by atoms with Gasteiger partial charge in [-0.2, -0.15) is 0 Å². The van der Waals surface area contributed by atoms with Gasteiger partial charge in [0.25, 0.3) is 0 Å². The van der Waals surface area contributed by atoms with Gasteiger partial charge in [0, 0.05) is 5.56 Å². The molecule has 0 aliphatic heterocycles. The fourth-order valence-corrected chi connectivity index (χ4v) is 1.77. The van der Waals surface area contributed by atoms with Crippen LogP contribution in [0.15, 0.2) is 34.9 Å². The summed E-state index contributed by atoms with van der Waals surface area (Å²) in [5.74, 6) is -0.272. The molecular formula is C12H10ClFO2. The highest BCUT2D eigenvalue weighted by atomic mass is 35.5. The first-order chi connectivity index (χ1) is 7.61. The predicted octanol–water partition coefficient (Wildman–Crippen LogP) is 3.46. The third-order valence-electron chi connectivity index (χ3n) is 2.41. The Morgan fingerprint density at radius 1 is 1.38 bits per heavy atom. The standard InChI is InChI=1S/C12H10ClFO2/c1-7-4-5-8(14)10(11(7)13)12(15)9-3-2-6-16-9/h2-6,12,15H,1H3. The minimum atomic E-state index is -1.18. The lowest BCUT2D eigenvalue weighted by molar-refractivity contribution is 0.185. The van der Waals surface area contributed by atoms with Crippen LogP contribution in [0.5, 0.6) is 0 Å². The molecule has 0 aliphatic rings. The third-order valence-corrected chi connectivity index (χ3v) is 2.91. The van der Waals surface area contributed by atoms with E-state index in [0.29, 0.717) is 5.56 Å². The highest BCUT2D eigenvalue weighted by Gasteiger charge is 2.21. The summed E-state index contributed by atoms with van der Waals surface area (Å²) < 4.78 is 18.6. The number of aliphatic hydroxyl groups is 1.